The summed E-state index contributed by atoms with van der Waals surface area (Å²) in [6, 6.07) is 0. The number of likely N-dealkylation sites (N-methyl/N-ethyl adjacent to an activating group) is 1. The molecule has 0 aliphatic carbocycles. The minimum Gasteiger partial charge on any atom is -0.379 e. The third-order valence-electron chi connectivity index (χ3n) is 2.00. The van der Waals surface area contributed by atoms with Crippen molar-refractivity contribution in [1.82, 2.24) is 4.90 Å². The lowest BCUT2D eigenvalue weighted by Gasteiger charge is -2.22. The van der Waals surface area contributed by atoms with Crippen LogP contribution in [0.4, 0.5) is 0 Å². The molecule has 0 bridgehead atoms. The molecule has 0 saturated carbocycles. The summed E-state index contributed by atoms with van der Waals surface area (Å²) in [6.45, 7) is 9.11. The molecule has 2 atom stereocenters. The second-order valence-corrected chi connectivity index (χ2v) is 3.18. The quantitative estimate of drug-likeness (QED) is 0.481. The number of ether oxygens (including phenoxy) is 1. The van der Waals surface area contributed by atoms with Gasteiger partial charge in [0.15, 0.2) is 0 Å². The lowest BCUT2D eigenvalue weighted by atomic mass is 10.2. The van der Waals surface area contributed by atoms with Crippen LogP contribution in [0, 0.1) is 0 Å². The van der Waals surface area contributed by atoms with Crippen LogP contribution in [0.15, 0.2) is 12.7 Å². The zero-order chi connectivity index (χ0) is 10.3. The van der Waals surface area contributed by atoms with Crippen molar-refractivity contribution >= 4 is 0 Å². The van der Waals surface area contributed by atoms with Gasteiger partial charge in [-0.1, -0.05) is 6.58 Å². The molecule has 0 aliphatic rings. The Kier molecular flexibility index (Phi) is 6.86. The van der Waals surface area contributed by atoms with Gasteiger partial charge in [0, 0.05) is 13.2 Å². The van der Waals surface area contributed by atoms with E-state index in [0.717, 1.165) is 19.6 Å². The number of nitrogens with zero attached hydrogens (tertiary/aromatic N) is 1. The van der Waals surface area contributed by atoms with Crippen molar-refractivity contribution in [3.63, 3.8) is 0 Å². The highest BCUT2D eigenvalue weighted by Gasteiger charge is 2.08. The number of aliphatic hydroxyl groups is 1. The normalized spacial score (nSPS) is 15.8. The van der Waals surface area contributed by atoms with Gasteiger partial charge in [0.1, 0.15) is 6.23 Å². The van der Waals surface area contributed by atoms with Gasteiger partial charge >= 0.3 is 0 Å². The minimum absolute atomic E-state index is 0.254. The van der Waals surface area contributed by atoms with Gasteiger partial charge in [0.2, 0.25) is 0 Å². The lowest BCUT2D eigenvalue weighted by Crippen LogP contribution is -2.32. The maximum atomic E-state index is 9.34. The number of hydrogen-bond acceptors (Lipinski definition) is 3. The van der Waals surface area contributed by atoms with Crippen molar-refractivity contribution in [3.8, 4) is 0 Å². The molecule has 0 aliphatic heterocycles. The van der Waals surface area contributed by atoms with Gasteiger partial charge in [-0.3, -0.25) is 4.90 Å². The molecule has 0 fully saturated rings. The summed E-state index contributed by atoms with van der Waals surface area (Å²) in [5.41, 5.74) is 0. The average Bonchev–Trinajstić information content (AvgIpc) is 2.13. The fourth-order valence-electron chi connectivity index (χ4n) is 1.07. The van der Waals surface area contributed by atoms with E-state index in [1.807, 2.05) is 25.8 Å². The predicted octanol–water partition coefficient (Wildman–Crippen LogP) is 1.24. The highest BCUT2D eigenvalue weighted by molar-refractivity contribution is 4.77. The van der Waals surface area contributed by atoms with Gasteiger partial charge in [-0.2, -0.15) is 0 Å². The van der Waals surface area contributed by atoms with Crippen molar-refractivity contribution < 1.29 is 9.84 Å². The molecule has 0 saturated heterocycles. The first-order valence-electron chi connectivity index (χ1n) is 4.74. The van der Waals surface area contributed by atoms with Gasteiger partial charge in [-0.05, 0) is 33.4 Å². The van der Waals surface area contributed by atoms with Gasteiger partial charge in [0.05, 0.1) is 6.10 Å². The standard InChI is InChI=1S/C10H21NO2/c1-5-10(12)11(4)8-7-9(3)13-6-2/h5,9-10,12H,1,6-8H2,2-4H3. The van der Waals surface area contributed by atoms with Crippen molar-refractivity contribution in [2.75, 3.05) is 20.2 Å². The van der Waals surface area contributed by atoms with Crippen LogP contribution in [0.3, 0.4) is 0 Å². The maximum Gasteiger partial charge on any atom is 0.126 e. The molecule has 0 radical (unpaired) electrons. The second-order valence-electron chi connectivity index (χ2n) is 3.18. The van der Waals surface area contributed by atoms with Crippen molar-refractivity contribution in [1.29, 1.82) is 0 Å². The Morgan fingerprint density at radius 1 is 1.62 bits per heavy atom. The zero-order valence-corrected chi connectivity index (χ0v) is 8.86. The first-order chi connectivity index (χ1) is 6.11. The smallest absolute Gasteiger partial charge is 0.126 e. The summed E-state index contributed by atoms with van der Waals surface area (Å²) in [5.74, 6) is 0. The van der Waals surface area contributed by atoms with Crippen molar-refractivity contribution in [2.24, 2.45) is 0 Å². The van der Waals surface area contributed by atoms with Gasteiger partial charge in [0.25, 0.3) is 0 Å². The molecule has 0 amide bonds. The van der Waals surface area contributed by atoms with Crippen LogP contribution in [0.2, 0.25) is 0 Å². The summed E-state index contributed by atoms with van der Waals surface area (Å²) in [6.07, 6.45) is 2.15. The molecule has 2 unspecified atom stereocenters. The Bertz CT molecular complexity index is 139. The molecule has 0 spiro atoms. The topological polar surface area (TPSA) is 32.7 Å². The van der Waals surface area contributed by atoms with Gasteiger partial charge < -0.3 is 9.84 Å². The highest BCUT2D eigenvalue weighted by atomic mass is 16.5. The van der Waals surface area contributed by atoms with Crippen molar-refractivity contribution in [3.05, 3.63) is 12.7 Å². The average molecular weight is 187 g/mol. The van der Waals surface area contributed by atoms with E-state index in [4.69, 9.17) is 4.74 Å². The van der Waals surface area contributed by atoms with E-state index in [2.05, 4.69) is 6.58 Å². The van der Waals surface area contributed by atoms with Crippen LogP contribution >= 0.6 is 0 Å². The summed E-state index contributed by atoms with van der Waals surface area (Å²) in [4.78, 5) is 1.84. The molecule has 1 N–H and O–H groups in total. The first-order valence-corrected chi connectivity index (χ1v) is 4.74. The fraction of sp³-hybridized carbons (Fsp3) is 0.800. The SMILES string of the molecule is C=CC(O)N(C)CCC(C)OCC. The van der Waals surface area contributed by atoms with E-state index < -0.39 is 6.23 Å². The van der Waals surface area contributed by atoms with Gasteiger partial charge in [-0.15, -0.1) is 0 Å². The summed E-state index contributed by atoms with van der Waals surface area (Å²) < 4.78 is 5.37. The van der Waals surface area contributed by atoms with E-state index in [9.17, 15) is 5.11 Å². The third-order valence-corrected chi connectivity index (χ3v) is 2.00. The molecular weight excluding hydrogens is 166 g/mol. The Morgan fingerprint density at radius 3 is 2.69 bits per heavy atom. The third kappa shape index (κ3) is 5.80. The molecule has 0 aromatic carbocycles. The monoisotopic (exact) mass is 187 g/mol. The van der Waals surface area contributed by atoms with Crippen LogP contribution < -0.4 is 0 Å². The second kappa shape index (κ2) is 7.06. The minimum atomic E-state index is -0.547. The summed E-state index contributed by atoms with van der Waals surface area (Å²) >= 11 is 0. The molecule has 3 heteroatoms. The largest absolute Gasteiger partial charge is 0.379 e. The van der Waals surface area contributed by atoms with E-state index in [1.165, 1.54) is 6.08 Å². The van der Waals surface area contributed by atoms with Crippen LogP contribution in [0.5, 0.6) is 0 Å². The van der Waals surface area contributed by atoms with Crippen LogP contribution in [0.1, 0.15) is 20.3 Å². The zero-order valence-electron chi connectivity index (χ0n) is 8.86. The number of aliphatic hydroxyl groups excluding tert-OH is 1. The summed E-state index contributed by atoms with van der Waals surface area (Å²) in [5, 5.41) is 9.34. The van der Waals surface area contributed by atoms with E-state index >= 15 is 0 Å². The molecule has 0 rings (SSSR count). The van der Waals surface area contributed by atoms with Gasteiger partial charge in [-0.25, -0.2) is 0 Å². The lowest BCUT2D eigenvalue weighted by molar-refractivity contribution is 0.0304. The molecule has 13 heavy (non-hydrogen) atoms. The number of hydrogen-bond donors (Lipinski definition) is 1. The Balaban J connectivity index is 3.56. The van der Waals surface area contributed by atoms with Crippen LogP contribution in [-0.4, -0.2) is 42.5 Å². The van der Waals surface area contributed by atoms with E-state index in [1.54, 1.807) is 0 Å². The first kappa shape index (κ1) is 12.6. The molecule has 78 valence electrons. The molecule has 3 nitrogen and oxygen atoms in total. The Hall–Kier alpha value is -0.380. The van der Waals surface area contributed by atoms with E-state index in [0.29, 0.717) is 0 Å². The number of rotatable bonds is 7. The molecular formula is C10H21NO2. The maximum absolute atomic E-state index is 9.34. The Morgan fingerprint density at radius 2 is 2.23 bits per heavy atom. The van der Waals surface area contributed by atoms with Crippen LogP contribution in [0.25, 0.3) is 0 Å². The van der Waals surface area contributed by atoms with E-state index in [-0.39, 0.29) is 6.10 Å². The summed E-state index contributed by atoms with van der Waals surface area (Å²) in [7, 11) is 1.87. The Labute approximate surface area is 81.0 Å². The molecule has 0 heterocycles. The molecule has 0 aromatic heterocycles. The predicted molar refractivity (Wildman–Crippen MR) is 54.5 cm³/mol. The highest BCUT2D eigenvalue weighted by Crippen LogP contribution is 2.01. The fourth-order valence-corrected chi connectivity index (χ4v) is 1.07. The van der Waals surface area contributed by atoms with Crippen LogP contribution in [-0.2, 0) is 4.74 Å². The molecule has 0 aromatic rings. The van der Waals surface area contributed by atoms with Crippen molar-refractivity contribution in [2.45, 2.75) is 32.6 Å².